The van der Waals surface area contributed by atoms with E-state index in [9.17, 15) is 0 Å². The molecule has 2 heteroatoms. The van der Waals surface area contributed by atoms with E-state index >= 15 is 0 Å². The highest BCUT2D eigenvalue weighted by Gasteiger charge is 2.07. The maximum absolute atomic E-state index is 8.88. The van der Waals surface area contributed by atoms with E-state index in [2.05, 4.69) is 29.6 Å². The van der Waals surface area contributed by atoms with Gasteiger partial charge in [-0.25, -0.2) is 0 Å². The SMILES string of the molecule is OCCc1cccc2c1NCC=C2. The van der Waals surface area contributed by atoms with E-state index in [1.54, 1.807) is 0 Å². The van der Waals surface area contributed by atoms with Gasteiger partial charge < -0.3 is 10.4 Å². The number of aliphatic hydroxyl groups excluding tert-OH is 1. The summed E-state index contributed by atoms with van der Waals surface area (Å²) in [5.41, 5.74) is 3.60. The van der Waals surface area contributed by atoms with Crippen LogP contribution in [0, 0.1) is 0 Å². The lowest BCUT2D eigenvalue weighted by Gasteiger charge is -2.16. The predicted octanol–water partition coefficient (Wildman–Crippen LogP) is 1.66. The molecule has 0 amide bonds. The molecule has 0 saturated heterocycles. The summed E-state index contributed by atoms with van der Waals surface area (Å²) >= 11 is 0. The first-order valence-corrected chi connectivity index (χ1v) is 4.55. The summed E-state index contributed by atoms with van der Waals surface area (Å²) in [6.07, 6.45) is 4.95. The molecular weight excluding hydrogens is 162 g/mol. The lowest BCUT2D eigenvalue weighted by Crippen LogP contribution is -2.08. The summed E-state index contributed by atoms with van der Waals surface area (Å²) in [4.78, 5) is 0. The van der Waals surface area contributed by atoms with E-state index in [0.717, 1.165) is 13.0 Å². The summed E-state index contributed by atoms with van der Waals surface area (Å²) < 4.78 is 0. The topological polar surface area (TPSA) is 32.3 Å². The Morgan fingerprint density at radius 1 is 1.38 bits per heavy atom. The van der Waals surface area contributed by atoms with Gasteiger partial charge >= 0.3 is 0 Å². The number of fused-ring (bicyclic) bond motifs is 1. The van der Waals surface area contributed by atoms with Crippen LogP contribution in [0.2, 0.25) is 0 Å². The Balaban J connectivity index is 2.41. The minimum atomic E-state index is 0.210. The van der Waals surface area contributed by atoms with Crippen molar-refractivity contribution in [3.05, 3.63) is 35.4 Å². The van der Waals surface area contributed by atoms with Crippen molar-refractivity contribution in [3.63, 3.8) is 0 Å². The Morgan fingerprint density at radius 3 is 3.15 bits per heavy atom. The zero-order valence-electron chi connectivity index (χ0n) is 7.46. The van der Waals surface area contributed by atoms with Gasteiger partial charge in [0, 0.05) is 18.8 Å². The van der Waals surface area contributed by atoms with Crippen LogP contribution < -0.4 is 5.32 Å². The van der Waals surface area contributed by atoms with Gasteiger partial charge in [-0.1, -0.05) is 30.4 Å². The van der Waals surface area contributed by atoms with Crippen molar-refractivity contribution >= 4 is 11.8 Å². The highest BCUT2D eigenvalue weighted by Crippen LogP contribution is 2.25. The van der Waals surface area contributed by atoms with Crippen molar-refractivity contribution in [1.82, 2.24) is 0 Å². The number of benzene rings is 1. The molecule has 2 nitrogen and oxygen atoms in total. The Kier molecular flexibility index (Phi) is 2.32. The molecule has 1 aromatic rings. The smallest absolute Gasteiger partial charge is 0.0472 e. The lowest BCUT2D eigenvalue weighted by atomic mass is 10.0. The van der Waals surface area contributed by atoms with Crippen molar-refractivity contribution in [2.75, 3.05) is 18.5 Å². The Morgan fingerprint density at radius 2 is 2.31 bits per heavy atom. The summed E-state index contributed by atoms with van der Waals surface area (Å²) in [5, 5.41) is 12.2. The molecule has 2 rings (SSSR count). The van der Waals surface area contributed by atoms with Crippen LogP contribution >= 0.6 is 0 Å². The van der Waals surface area contributed by atoms with Gasteiger partial charge in [-0.2, -0.15) is 0 Å². The van der Waals surface area contributed by atoms with Crippen LogP contribution in [0.25, 0.3) is 6.08 Å². The summed E-state index contributed by atoms with van der Waals surface area (Å²) in [7, 11) is 0. The standard InChI is InChI=1S/C11H13NO/c13-8-6-10-4-1-3-9-5-2-7-12-11(9)10/h1-5,12-13H,6-8H2. The van der Waals surface area contributed by atoms with Crippen molar-refractivity contribution in [2.24, 2.45) is 0 Å². The molecule has 0 aromatic heterocycles. The van der Waals surface area contributed by atoms with Gasteiger partial charge in [-0.3, -0.25) is 0 Å². The average molecular weight is 175 g/mol. The maximum Gasteiger partial charge on any atom is 0.0472 e. The molecule has 2 N–H and O–H groups in total. The first-order chi connectivity index (χ1) is 6.42. The van der Waals surface area contributed by atoms with Crippen LogP contribution in [-0.2, 0) is 6.42 Å². The third-order valence-electron chi connectivity index (χ3n) is 2.26. The fourth-order valence-corrected chi connectivity index (χ4v) is 1.65. The largest absolute Gasteiger partial charge is 0.396 e. The normalized spacial score (nSPS) is 13.6. The van der Waals surface area contributed by atoms with Gasteiger partial charge in [0.15, 0.2) is 0 Å². The third kappa shape index (κ3) is 1.58. The van der Waals surface area contributed by atoms with E-state index < -0.39 is 0 Å². The van der Waals surface area contributed by atoms with Crippen molar-refractivity contribution < 1.29 is 5.11 Å². The monoisotopic (exact) mass is 175 g/mol. The molecule has 1 aromatic carbocycles. The second-order valence-electron chi connectivity index (χ2n) is 3.14. The van der Waals surface area contributed by atoms with Gasteiger partial charge in [0.05, 0.1) is 0 Å². The minimum absolute atomic E-state index is 0.210. The quantitative estimate of drug-likeness (QED) is 0.716. The summed E-state index contributed by atoms with van der Waals surface area (Å²) in [5.74, 6) is 0. The minimum Gasteiger partial charge on any atom is -0.396 e. The Bertz CT molecular complexity index is 331. The Labute approximate surface area is 77.9 Å². The molecule has 13 heavy (non-hydrogen) atoms. The van der Waals surface area contributed by atoms with Gasteiger partial charge in [-0.05, 0) is 17.5 Å². The van der Waals surface area contributed by atoms with Crippen molar-refractivity contribution in [3.8, 4) is 0 Å². The number of nitrogens with one attached hydrogen (secondary N) is 1. The summed E-state index contributed by atoms with van der Waals surface area (Å²) in [6.45, 7) is 1.09. The molecule has 0 saturated carbocycles. The molecule has 68 valence electrons. The molecule has 1 aliphatic rings. The predicted molar refractivity (Wildman–Crippen MR) is 54.8 cm³/mol. The number of para-hydroxylation sites is 1. The number of hydrogen-bond donors (Lipinski definition) is 2. The third-order valence-corrected chi connectivity index (χ3v) is 2.26. The number of rotatable bonds is 2. The zero-order valence-corrected chi connectivity index (χ0v) is 7.46. The van der Waals surface area contributed by atoms with E-state index in [1.807, 2.05) is 6.07 Å². The molecular formula is C11H13NO. The van der Waals surface area contributed by atoms with Gasteiger partial charge in [0.2, 0.25) is 0 Å². The fourth-order valence-electron chi connectivity index (χ4n) is 1.65. The van der Waals surface area contributed by atoms with Crippen LogP contribution in [0.15, 0.2) is 24.3 Å². The van der Waals surface area contributed by atoms with E-state index in [4.69, 9.17) is 5.11 Å². The van der Waals surface area contributed by atoms with Crippen molar-refractivity contribution in [1.29, 1.82) is 0 Å². The molecule has 1 aliphatic heterocycles. The van der Waals surface area contributed by atoms with Gasteiger partial charge in [-0.15, -0.1) is 0 Å². The van der Waals surface area contributed by atoms with E-state index in [-0.39, 0.29) is 6.61 Å². The van der Waals surface area contributed by atoms with E-state index in [0.29, 0.717) is 0 Å². The van der Waals surface area contributed by atoms with Crippen molar-refractivity contribution in [2.45, 2.75) is 6.42 Å². The second kappa shape index (κ2) is 3.62. The van der Waals surface area contributed by atoms with E-state index in [1.165, 1.54) is 16.8 Å². The average Bonchev–Trinajstić information content (AvgIpc) is 2.19. The maximum atomic E-state index is 8.88. The molecule has 0 radical (unpaired) electrons. The van der Waals surface area contributed by atoms with Crippen LogP contribution in [0.3, 0.4) is 0 Å². The second-order valence-corrected chi connectivity index (χ2v) is 3.14. The molecule has 1 heterocycles. The summed E-state index contributed by atoms with van der Waals surface area (Å²) in [6, 6.07) is 6.17. The first kappa shape index (κ1) is 8.32. The highest BCUT2D eigenvalue weighted by molar-refractivity contribution is 5.72. The highest BCUT2D eigenvalue weighted by atomic mass is 16.2. The van der Waals surface area contributed by atoms with Crippen LogP contribution in [0.1, 0.15) is 11.1 Å². The fraction of sp³-hybridized carbons (Fsp3) is 0.273. The number of anilines is 1. The molecule has 0 atom stereocenters. The van der Waals surface area contributed by atoms with Crippen LogP contribution in [-0.4, -0.2) is 18.3 Å². The molecule has 0 unspecified atom stereocenters. The molecule has 0 spiro atoms. The van der Waals surface area contributed by atoms with Crippen LogP contribution in [0.5, 0.6) is 0 Å². The first-order valence-electron chi connectivity index (χ1n) is 4.55. The number of hydrogen-bond acceptors (Lipinski definition) is 2. The molecule has 0 aliphatic carbocycles. The zero-order chi connectivity index (χ0) is 9.10. The lowest BCUT2D eigenvalue weighted by molar-refractivity contribution is 0.300. The molecule has 0 fully saturated rings. The van der Waals surface area contributed by atoms with Crippen LogP contribution in [0.4, 0.5) is 5.69 Å². The van der Waals surface area contributed by atoms with Gasteiger partial charge in [0.1, 0.15) is 0 Å². The van der Waals surface area contributed by atoms with Gasteiger partial charge in [0.25, 0.3) is 0 Å². The molecule has 0 bridgehead atoms. The number of aliphatic hydroxyl groups is 1. The Hall–Kier alpha value is -1.28.